The summed E-state index contributed by atoms with van der Waals surface area (Å²) in [7, 11) is 0. The van der Waals surface area contributed by atoms with E-state index in [-0.39, 0.29) is 11.3 Å². The molecule has 0 atom stereocenters. The highest BCUT2D eigenvalue weighted by atomic mass is 79.9. The summed E-state index contributed by atoms with van der Waals surface area (Å²) in [5.41, 5.74) is -0.290. The Labute approximate surface area is 114 Å². The van der Waals surface area contributed by atoms with E-state index in [4.69, 9.17) is 5.11 Å². The number of pyridine rings is 1. The molecule has 0 saturated heterocycles. The number of carbonyl (C=O) groups is 2. The molecule has 0 fully saturated rings. The minimum absolute atomic E-state index is 0.142. The second-order valence-corrected chi connectivity index (χ2v) is 5.54. The highest BCUT2D eigenvalue weighted by Gasteiger charge is 2.18. The Morgan fingerprint density at radius 3 is 2.78 bits per heavy atom. The number of nitrogens with zero attached hydrogens (tertiary/aromatic N) is 2. The Morgan fingerprint density at radius 1 is 1.39 bits per heavy atom. The van der Waals surface area contributed by atoms with Crippen molar-refractivity contribution in [2.45, 2.75) is 0 Å². The van der Waals surface area contributed by atoms with Crippen LogP contribution in [0.3, 0.4) is 0 Å². The standard InChI is InChI=1S/C10H6BrN3O3S/c11-6-4-13-10(18-6)14-8(15)7-5(9(16)17)2-1-3-12-7/h1-4H,(H,16,17)(H,13,14,15). The van der Waals surface area contributed by atoms with Gasteiger partial charge in [-0.2, -0.15) is 0 Å². The third kappa shape index (κ3) is 2.71. The van der Waals surface area contributed by atoms with Gasteiger partial charge in [-0.15, -0.1) is 0 Å². The number of nitrogens with one attached hydrogen (secondary N) is 1. The zero-order valence-electron chi connectivity index (χ0n) is 8.75. The maximum absolute atomic E-state index is 11.9. The second kappa shape index (κ2) is 5.23. The first kappa shape index (κ1) is 12.7. The largest absolute Gasteiger partial charge is 0.478 e. The third-order valence-electron chi connectivity index (χ3n) is 1.95. The maximum atomic E-state index is 11.9. The van der Waals surface area contributed by atoms with Crippen molar-refractivity contribution in [1.29, 1.82) is 0 Å². The summed E-state index contributed by atoms with van der Waals surface area (Å²) < 4.78 is 0.761. The van der Waals surface area contributed by atoms with Crippen LogP contribution in [0.2, 0.25) is 0 Å². The van der Waals surface area contributed by atoms with Gasteiger partial charge in [-0.05, 0) is 28.1 Å². The lowest BCUT2D eigenvalue weighted by atomic mass is 10.2. The Bertz CT molecular complexity index is 614. The molecule has 18 heavy (non-hydrogen) atoms. The number of anilines is 1. The van der Waals surface area contributed by atoms with E-state index in [9.17, 15) is 9.59 Å². The van der Waals surface area contributed by atoms with Gasteiger partial charge in [-0.1, -0.05) is 11.3 Å². The van der Waals surface area contributed by atoms with Crippen LogP contribution >= 0.6 is 27.3 Å². The van der Waals surface area contributed by atoms with Gasteiger partial charge < -0.3 is 5.11 Å². The Hall–Kier alpha value is -1.80. The SMILES string of the molecule is O=C(O)c1cccnc1C(=O)Nc1ncc(Br)s1. The monoisotopic (exact) mass is 327 g/mol. The van der Waals surface area contributed by atoms with Gasteiger partial charge in [-0.3, -0.25) is 15.1 Å². The average Bonchev–Trinajstić information content (AvgIpc) is 2.74. The van der Waals surface area contributed by atoms with Crippen molar-refractivity contribution in [3.8, 4) is 0 Å². The van der Waals surface area contributed by atoms with E-state index in [1.807, 2.05) is 0 Å². The third-order valence-corrected chi connectivity index (χ3v) is 3.34. The molecular weight excluding hydrogens is 322 g/mol. The lowest BCUT2D eigenvalue weighted by Gasteiger charge is -2.03. The first-order valence-corrected chi connectivity index (χ1v) is 6.30. The molecule has 0 aromatic carbocycles. The number of amides is 1. The number of carboxylic acid groups (broad SMARTS) is 1. The summed E-state index contributed by atoms with van der Waals surface area (Å²) in [6.07, 6.45) is 2.90. The van der Waals surface area contributed by atoms with Crippen molar-refractivity contribution in [2.75, 3.05) is 5.32 Å². The molecule has 0 bridgehead atoms. The van der Waals surface area contributed by atoms with Gasteiger partial charge in [0, 0.05) is 6.20 Å². The molecule has 0 saturated carbocycles. The number of thiazole rings is 1. The number of hydrogen-bond acceptors (Lipinski definition) is 5. The Kier molecular flexibility index (Phi) is 3.68. The first-order valence-electron chi connectivity index (χ1n) is 4.69. The van der Waals surface area contributed by atoms with Crippen molar-refractivity contribution in [1.82, 2.24) is 9.97 Å². The van der Waals surface area contributed by atoms with Gasteiger partial charge >= 0.3 is 5.97 Å². The van der Waals surface area contributed by atoms with Gasteiger partial charge in [0.25, 0.3) is 5.91 Å². The number of rotatable bonds is 3. The fourth-order valence-electron chi connectivity index (χ4n) is 1.23. The number of carboxylic acids is 1. The molecule has 0 radical (unpaired) electrons. The zero-order valence-corrected chi connectivity index (χ0v) is 11.2. The van der Waals surface area contributed by atoms with Crippen molar-refractivity contribution in [3.63, 3.8) is 0 Å². The molecule has 0 aliphatic carbocycles. The van der Waals surface area contributed by atoms with Crippen LogP contribution < -0.4 is 5.32 Å². The van der Waals surface area contributed by atoms with Gasteiger partial charge in [0.2, 0.25) is 0 Å². The predicted molar refractivity (Wildman–Crippen MR) is 69.0 cm³/mol. The predicted octanol–water partition coefficient (Wildman–Crippen LogP) is 2.25. The van der Waals surface area contributed by atoms with E-state index in [0.717, 1.165) is 3.79 Å². The minimum Gasteiger partial charge on any atom is -0.478 e. The van der Waals surface area contributed by atoms with E-state index in [2.05, 4.69) is 31.2 Å². The summed E-state index contributed by atoms with van der Waals surface area (Å²) in [6.45, 7) is 0. The number of carbonyl (C=O) groups excluding carboxylic acids is 1. The Morgan fingerprint density at radius 2 is 2.17 bits per heavy atom. The van der Waals surface area contributed by atoms with Crippen LogP contribution in [0.5, 0.6) is 0 Å². The fourth-order valence-corrected chi connectivity index (χ4v) is 2.33. The van der Waals surface area contributed by atoms with Crippen molar-refractivity contribution >= 4 is 44.3 Å². The van der Waals surface area contributed by atoms with Crippen LogP contribution in [0.15, 0.2) is 28.3 Å². The Balaban J connectivity index is 2.26. The number of hydrogen-bond donors (Lipinski definition) is 2. The van der Waals surface area contributed by atoms with Gasteiger partial charge in [0.15, 0.2) is 5.13 Å². The molecule has 2 heterocycles. The zero-order chi connectivity index (χ0) is 13.1. The summed E-state index contributed by atoms with van der Waals surface area (Å²) >= 11 is 4.43. The molecule has 0 aliphatic rings. The number of halogens is 1. The molecule has 0 unspecified atom stereocenters. The lowest BCUT2D eigenvalue weighted by Crippen LogP contribution is -2.17. The molecule has 8 heteroatoms. The van der Waals surface area contributed by atoms with Crippen molar-refractivity contribution in [2.24, 2.45) is 0 Å². The normalized spacial score (nSPS) is 10.1. The molecule has 2 aromatic heterocycles. The van der Waals surface area contributed by atoms with Gasteiger partial charge in [0.05, 0.1) is 15.5 Å². The summed E-state index contributed by atoms with van der Waals surface area (Å²) in [5, 5.41) is 11.8. The summed E-state index contributed by atoms with van der Waals surface area (Å²) in [4.78, 5) is 30.5. The van der Waals surface area contributed by atoms with E-state index in [1.54, 1.807) is 0 Å². The minimum atomic E-state index is -1.20. The highest BCUT2D eigenvalue weighted by molar-refractivity contribution is 9.11. The highest BCUT2D eigenvalue weighted by Crippen LogP contribution is 2.23. The van der Waals surface area contributed by atoms with Crippen LogP contribution in [0, 0.1) is 0 Å². The van der Waals surface area contributed by atoms with E-state index in [1.165, 1.54) is 35.9 Å². The van der Waals surface area contributed by atoms with Crippen LogP contribution in [-0.4, -0.2) is 27.0 Å². The van der Waals surface area contributed by atoms with Gasteiger partial charge in [0.1, 0.15) is 5.69 Å². The van der Waals surface area contributed by atoms with E-state index < -0.39 is 11.9 Å². The average molecular weight is 328 g/mol. The van der Waals surface area contributed by atoms with Crippen LogP contribution in [-0.2, 0) is 0 Å². The van der Waals surface area contributed by atoms with Crippen LogP contribution in [0.4, 0.5) is 5.13 Å². The van der Waals surface area contributed by atoms with Crippen molar-refractivity contribution in [3.05, 3.63) is 39.6 Å². The number of aromatic carboxylic acids is 1. The van der Waals surface area contributed by atoms with Crippen LogP contribution in [0.25, 0.3) is 0 Å². The van der Waals surface area contributed by atoms with Crippen molar-refractivity contribution < 1.29 is 14.7 Å². The quantitative estimate of drug-likeness (QED) is 0.901. The van der Waals surface area contributed by atoms with E-state index >= 15 is 0 Å². The first-order chi connectivity index (χ1) is 8.58. The van der Waals surface area contributed by atoms with Crippen LogP contribution in [0.1, 0.15) is 20.8 Å². The summed E-state index contributed by atoms with van der Waals surface area (Å²) in [5.74, 6) is -1.80. The second-order valence-electron chi connectivity index (χ2n) is 3.13. The molecule has 0 spiro atoms. The molecule has 6 nitrogen and oxygen atoms in total. The molecule has 0 aliphatic heterocycles. The molecule has 2 N–H and O–H groups in total. The summed E-state index contributed by atoms with van der Waals surface area (Å²) in [6, 6.07) is 2.78. The molecular formula is C10H6BrN3O3S. The topological polar surface area (TPSA) is 92.2 Å². The fraction of sp³-hybridized carbons (Fsp3) is 0. The molecule has 1 amide bonds. The lowest BCUT2D eigenvalue weighted by molar-refractivity contribution is 0.0691. The smallest absolute Gasteiger partial charge is 0.338 e. The van der Waals surface area contributed by atoms with E-state index in [0.29, 0.717) is 5.13 Å². The molecule has 2 rings (SSSR count). The van der Waals surface area contributed by atoms with Gasteiger partial charge in [-0.25, -0.2) is 9.78 Å². The number of aromatic nitrogens is 2. The molecule has 2 aromatic rings. The molecule has 92 valence electrons. The maximum Gasteiger partial charge on any atom is 0.338 e.